The van der Waals surface area contributed by atoms with Crippen molar-refractivity contribution in [3.63, 3.8) is 0 Å². The van der Waals surface area contributed by atoms with Crippen LogP contribution in [0, 0.1) is 0 Å². The fraction of sp³-hybridized carbons (Fsp3) is 0.176. The molecule has 2 aromatic carbocycles. The third-order valence-electron chi connectivity index (χ3n) is 3.35. The van der Waals surface area contributed by atoms with Gasteiger partial charge in [0.25, 0.3) is 0 Å². The van der Waals surface area contributed by atoms with E-state index in [0.717, 1.165) is 31.6 Å². The Labute approximate surface area is 142 Å². The lowest BCUT2D eigenvalue weighted by Gasteiger charge is -2.06. The van der Waals surface area contributed by atoms with Gasteiger partial charge in [0.15, 0.2) is 4.34 Å². The number of nitrogens with zero attached hydrogens (tertiary/aromatic N) is 1. The Bertz CT molecular complexity index is 828. The topological polar surface area (TPSA) is 51.2 Å². The number of nitrogens with one attached hydrogen (secondary N) is 1. The fourth-order valence-electron chi connectivity index (χ4n) is 2.20. The lowest BCUT2D eigenvalue weighted by atomic mass is 10.1. The van der Waals surface area contributed by atoms with Gasteiger partial charge >= 0.3 is 0 Å². The minimum atomic E-state index is -0.0378. The summed E-state index contributed by atoms with van der Waals surface area (Å²) >= 11 is 3.26. The molecule has 1 amide bonds. The van der Waals surface area contributed by atoms with E-state index in [9.17, 15) is 4.79 Å². The monoisotopic (exact) mass is 344 g/mol. The van der Waals surface area contributed by atoms with E-state index in [1.54, 1.807) is 30.2 Å². The number of anilines is 1. The van der Waals surface area contributed by atoms with Gasteiger partial charge in [-0.1, -0.05) is 23.9 Å². The van der Waals surface area contributed by atoms with Crippen LogP contribution in [0.2, 0.25) is 0 Å². The Kier molecular flexibility index (Phi) is 4.83. The predicted molar refractivity (Wildman–Crippen MR) is 96.7 cm³/mol. The van der Waals surface area contributed by atoms with E-state index in [1.165, 1.54) is 0 Å². The molecule has 3 aromatic rings. The molecule has 6 heteroatoms. The van der Waals surface area contributed by atoms with Crippen LogP contribution in [0.15, 0.2) is 46.8 Å². The first-order chi connectivity index (χ1) is 11.2. The number of hydrogen-bond donors (Lipinski definition) is 1. The summed E-state index contributed by atoms with van der Waals surface area (Å²) in [5.74, 6) is 0.749. The number of amides is 1. The summed E-state index contributed by atoms with van der Waals surface area (Å²) in [5.41, 5.74) is 2.71. The van der Waals surface area contributed by atoms with Crippen molar-refractivity contribution in [2.24, 2.45) is 0 Å². The zero-order valence-corrected chi connectivity index (χ0v) is 14.5. The number of fused-ring (bicyclic) bond motifs is 1. The maximum Gasteiger partial charge on any atom is 0.228 e. The first kappa shape index (κ1) is 15.8. The van der Waals surface area contributed by atoms with Gasteiger partial charge in [-0.25, -0.2) is 4.98 Å². The molecule has 0 atom stereocenters. The predicted octanol–water partition coefficient (Wildman–Crippen LogP) is 4.21. The summed E-state index contributed by atoms with van der Waals surface area (Å²) in [4.78, 5) is 16.7. The van der Waals surface area contributed by atoms with E-state index >= 15 is 0 Å². The summed E-state index contributed by atoms with van der Waals surface area (Å²) in [7, 11) is 1.62. The molecule has 3 rings (SSSR count). The summed E-state index contributed by atoms with van der Waals surface area (Å²) in [6, 6.07) is 13.3. The fourth-order valence-corrected chi connectivity index (χ4v) is 3.73. The average Bonchev–Trinajstić information content (AvgIpc) is 2.98. The Morgan fingerprint density at radius 1 is 1.26 bits per heavy atom. The van der Waals surface area contributed by atoms with Crippen LogP contribution in [0.1, 0.15) is 5.56 Å². The van der Waals surface area contributed by atoms with Crippen molar-refractivity contribution in [1.29, 1.82) is 0 Å². The van der Waals surface area contributed by atoms with Gasteiger partial charge in [-0.3, -0.25) is 4.79 Å². The van der Waals surface area contributed by atoms with Gasteiger partial charge in [0.1, 0.15) is 5.75 Å². The highest BCUT2D eigenvalue weighted by Gasteiger charge is 2.07. The summed E-state index contributed by atoms with van der Waals surface area (Å²) in [6.45, 7) is 0. The number of carbonyl (C=O) groups is 1. The van der Waals surface area contributed by atoms with Gasteiger partial charge in [-0.15, -0.1) is 11.3 Å². The molecule has 1 heterocycles. The number of hydrogen-bond acceptors (Lipinski definition) is 5. The van der Waals surface area contributed by atoms with Gasteiger partial charge < -0.3 is 10.1 Å². The molecule has 0 fully saturated rings. The number of thiazole rings is 1. The molecule has 1 N–H and O–H groups in total. The van der Waals surface area contributed by atoms with E-state index in [0.29, 0.717) is 6.42 Å². The molecule has 0 unspecified atom stereocenters. The molecule has 0 aliphatic rings. The molecule has 0 aliphatic carbocycles. The first-order valence-electron chi connectivity index (χ1n) is 7.05. The number of aromatic nitrogens is 1. The minimum absolute atomic E-state index is 0.0378. The van der Waals surface area contributed by atoms with Crippen LogP contribution in [-0.2, 0) is 11.2 Å². The lowest BCUT2D eigenvalue weighted by Crippen LogP contribution is -2.14. The van der Waals surface area contributed by atoms with Crippen molar-refractivity contribution in [3.8, 4) is 5.75 Å². The number of thioether (sulfide) groups is 1. The molecule has 4 nitrogen and oxygen atoms in total. The Morgan fingerprint density at radius 3 is 2.74 bits per heavy atom. The summed E-state index contributed by atoms with van der Waals surface area (Å²) < 4.78 is 7.22. The van der Waals surface area contributed by atoms with Crippen LogP contribution in [0.25, 0.3) is 10.2 Å². The molecular weight excluding hydrogens is 328 g/mol. The molecule has 0 radical (unpaired) electrons. The van der Waals surface area contributed by atoms with Gasteiger partial charge in [0, 0.05) is 5.69 Å². The quantitative estimate of drug-likeness (QED) is 0.705. The average molecular weight is 344 g/mol. The van der Waals surface area contributed by atoms with Crippen LogP contribution < -0.4 is 10.1 Å². The minimum Gasteiger partial charge on any atom is -0.497 e. The number of methoxy groups -OCH3 is 1. The summed E-state index contributed by atoms with van der Waals surface area (Å²) in [5, 5.41) is 2.94. The molecule has 0 saturated carbocycles. The lowest BCUT2D eigenvalue weighted by molar-refractivity contribution is -0.115. The van der Waals surface area contributed by atoms with Crippen LogP contribution in [-0.4, -0.2) is 24.3 Å². The van der Waals surface area contributed by atoms with Crippen molar-refractivity contribution in [2.45, 2.75) is 10.8 Å². The van der Waals surface area contributed by atoms with E-state index < -0.39 is 0 Å². The zero-order chi connectivity index (χ0) is 16.2. The molecule has 1 aromatic heterocycles. The Morgan fingerprint density at radius 2 is 2.04 bits per heavy atom. The maximum absolute atomic E-state index is 12.2. The highest BCUT2D eigenvalue weighted by Crippen LogP contribution is 2.30. The molecule has 0 saturated heterocycles. The highest BCUT2D eigenvalue weighted by molar-refractivity contribution is 8.00. The van der Waals surface area contributed by atoms with Crippen LogP contribution in [0.3, 0.4) is 0 Å². The second-order valence-corrected chi connectivity index (χ2v) is 7.02. The van der Waals surface area contributed by atoms with Gasteiger partial charge in [0.05, 0.1) is 23.7 Å². The molecule has 0 aliphatic heterocycles. The number of carbonyl (C=O) groups excluding carboxylic acids is 1. The number of benzene rings is 2. The maximum atomic E-state index is 12.2. The van der Waals surface area contributed by atoms with Crippen molar-refractivity contribution in [2.75, 3.05) is 18.7 Å². The van der Waals surface area contributed by atoms with Crippen molar-refractivity contribution < 1.29 is 9.53 Å². The Balaban J connectivity index is 1.69. The number of rotatable bonds is 5. The van der Waals surface area contributed by atoms with E-state index in [4.69, 9.17) is 4.74 Å². The van der Waals surface area contributed by atoms with Crippen LogP contribution >= 0.6 is 23.1 Å². The van der Waals surface area contributed by atoms with E-state index in [2.05, 4.69) is 10.3 Å². The standard InChI is InChI=1S/C17H16N2O2S2/c1-21-13-6-3-11(4-7-13)9-16(20)18-12-5-8-14-15(10-12)23-17(19-14)22-2/h3-8,10H,9H2,1-2H3,(H,18,20). The van der Waals surface area contributed by atoms with E-state index in [1.807, 2.05) is 48.7 Å². The van der Waals surface area contributed by atoms with Crippen molar-refractivity contribution in [1.82, 2.24) is 4.98 Å². The molecule has 23 heavy (non-hydrogen) atoms. The second kappa shape index (κ2) is 7.02. The molecule has 0 bridgehead atoms. The SMILES string of the molecule is COc1ccc(CC(=O)Nc2ccc3nc(SC)sc3c2)cc1. The van der Waals surface area contributed by atoms with Crippen LogP contribution in [0.4, 0.5) is 5.69 Å². The third-order valence-corrected chi connectivity index (χ3v) is 5.35. The molecule has 0 spiro atoms. The first-order valence-corrected chi connectivity index (χ1v) is 9.09. The second-order valence-electron chi connectivity index (χ2n) is 4.94. The van der Waals surface area contributed by atoms with Gasteiger partial charge in [0.2, 0.25) is 5.91 Å². The molecule has 118 valence electrons. The Hall–Kier alpha value is -2.05. The number of ether oxygens (including phenoxy) is 1. The highest BCUT2D eigenvalue weighted by atomic mass is 32.2. The smallest absolute Gasteiger partial charge is 0.228 e. The van der Waals surface area contributed by atoms with Crippen LogP contribution in [0.5, 0.6) is 5.75 Å². The largest absolute Gasteiger partial charge is 0.497 e. The van der Waals surface area contributed by atoms with Crippen molar-refractivity contribution in [3.05, 3.63) is 48.0 Å². The van der Waals surface area contributed by atoms with E-state index in [-0.39, 0.29) is 5.91 Å². The van der Waals surface area contributed by atoms with Crippen molar-refractivity contribution >= 4 is 44.9 Å². The third kappa shape index (κ3) is 3.83. The van der Waals surface area contributed by atoms with Gasteiger partial charge in [-0.2, -0.15) is 0 Å². The van der Waals surface area contributed by atoms with Gasteiger partial charge in [-0.05, 0) is 42.2 Å². The summed E-state index contributed by atoms with van der Waals surface area (Å²) in [6.07, 6.45) is 2.34. The zero-order valence-electron chi connectivity index (χ0n) is 12.8. The normalized spacial score (nSPS) is 10.7. The molecular formula is C17H16N2O2S2.